The van der Waals surface area contributed by atoms with Crippen molar-refractivity contribution in [1.82, 2.24) is 14.7 Å². The molecule has 0 saturated carbocycles. The fraction of sp³-hybridized carbons (Fsp3) is 0.741. The van der Waals surface area contributed by atoms with Gasteiger partial charge in [0.1, 0.15) is 6.04 Å². The van der Waals surface area contributed by atoms with Crippen molar-refractivity contribution in [2.75, 3.05) is 26.7 Å². The van der Waals surface area contributed by atoms with Crippen molar-refractivity contribution in [1.29, 1.82) is 0 Å². The Morgan fingerprint density at radius 3 is 2.26 bits per heavy atom. The Bertz CT molecular complexity index is 985. The molecule has 4 heterocycles. The van der Waals surface area contributed by atoms with E-state index in [9.17, 15) is 19.5 Å². The molecule has 0 aromatic heterocycles. The quantitative estimate of drug-likeness (QED) is 0.597. The molecule has 4 aliphatic heterocycles. The summed E-state index contributed by atoms with van der Waals surface area (Å²) in [4.78, 5) is 47.4. The maximum Gasteiger partial charge on any atom is 0.247 e. The Hall–Kier alpha value is -1.80. The molecule has 0 bridgehead atoms. The number of hydrogen-bond acceptors (Lipinski definition) is 5. The normalized spacial score (nSPS) is 36.2. The first-order valence-electron chi connectivity index (χ1n) is 12.6. The molecule has 6 atom stereocenters. The van der Waals surface area contributed by atoms with Crippen LogP contribution >= 0.6 is 11.8 Å². The van der Waals surface area contributed by atoms with Gasteiger partial charge < -0.3 is 19.8 Å². The highest BCUT2D eigenvalue weighted by molar-refractivity contribution is 8.02. The maximum atomic E-state index is 14.5. The first-order chi connectivity index (χ1) is 16.1. The summed E-state index contributed by atoms with van der Waals surface area (Å²) in [5.41, 5.74) is -0.429. The molecule has 194 valence electrons. The third kappa shape index (κ3) is 3.95. The van der Waals surface area contributed by atoms with Gasteiger partial charge in [-0.25, -0.2) is 0 Å². The Morgan fingerprint density at radius 2 is 1.66 bits per heavy atom. The largest absolute Gasteiger partial charge is 0.394 e. The number of carbonyl (C=O) groups is 3. The minimum atomic E-state index is -0.873. The van der Waals surface area contributed by atoms with Gasteiger partial charge in [-0.3, -0.25) is 14.4 Å². The number of likely N-dealkylation sites (N-methyl/N-ethyl adjacent to an activating group) is 1. The van der Waals surface area contributed by atoms with E-state index in [-0.39, 0.29) is 29.7 Å². The van der Waals surface area contributed by atoms with Crippen molar-refractivity contribution >= 4 is 29.5 Å². The van der Waals surface area contributed by atoms with Crippen LogP contribution in [0.1, 0.15) is 54.9 Å². The summed E-state index contributed by atoms with van der Waals surface area (Å²) in [6, 6.07) is -1.31. The second-order valence-electron chi connectivity index (χ2n) is 12.8. The van der Waals surface area contributed by atoms with Gasteiger partial charge >= 0.3 is 0 Å². The van der Waals surface area contributed by atoms with E-state index < -0.39 is 39.0 Å². The molecule has 7 nitrogen and oxygen atoms in total. The average Bonchev–Trinajstić information content (AvgIpc) is 3.01. The third-order valence-electron chi connectivity index (χ3n) is 8.13. The predicted octanol–water partition coefficient (Wildman–Crippen LogP) is 2.70. The van der Waals surface area contributed by atoms with Gasteiger partial charge in [0.05, 0.1) is 29.2 Å². The van der Waals surface area contributed by atoms with E-state index >= 15 is 0 Å². The van der Waals surface area contributed by atoms with Crippen molar-refractivity contribution in [3.8, 4) is 0 Å². The number of hydrogen-bond donors (Lipinski definition) is 1. The zero-order valence-corrected chi connectivity index (χ0v) is 23.2. The van der Waals surface area contributed by atoms with Crippen LogP contribution in [0.2, 0.25) is 0 Å². The topological polar surface area (TPSA) is 81.2 Å². The van der Waals surface area contributed by atoms with Crippen LogP contribution in [0.5, 0.6) is 0 Å². The van der Waals surface area contributed by atoms with Crippen LogP contribution < -0.4 is 0 Å². The van der Waals surface area contributed by atoms with E-state index in [4.69, 9.17) is 0 Å². The highest BCUT2D eigenvalue weighted by atomic mass is 32.2. The SMILES string of the molecule is C[C@H](CO)N1C(=O)[C@@H]2[C@@H]3C(=O)N(C)CC=C[C@]3(C)S[C@@]23C=CCN(C(C)(C)CC(C)(C)C)C(=O)C13. The van der Waals surface area contributed by atoms with Crippen LogP contribution in [0, 0.1) is 17.3 Å². The Kier molecular flexibility index (Phi) is 6.28. The molecule has 2 fully saturated rings. The van der Waals surface area contributed by atoms with E-state index in [1.807, 2.05) is 30.1 Å². The Balaban J connectivity index is 1.87. The molecule has 0 aromatic rings. The average molecular weight is 504 g/mol. The van der Waals surface area contributed by atoms with E-state index in [1.165, 1.54) is 0 Å². The number of aliphatic hydroxyl groups is 1. The first-order valence-corrected chi connectivity index (χ1v) is 13.5. The third-order valence-corrected chi connectivity index (χ3v) is 9.93. The van der Waals surface area contributed by atoms with E-state index in [1.54, 1.807) is 35.5 Å². The highest BCUT2D eigenvalue weighted by Gasteiger charge is 2.74. The number of nitrogens with zero attached hydrogens (tertiary/aromatic N) is 3. The Labute approximate surface area is 214 Å². The number of rotatable bonds is 4. The number of carbonyl (C=O) groups excluding carboxylic acids is 3. The summed E-state index contributed by atoms with van der Waals surface area (Å²) in [7, 11) is 1.77. The summed E-state index contributed by atoms with van der Waals surface area (Å²) >= 11 is 1.58. The highest BCUT2D eigenvalue weighted by Crippen LogP contribution is 2.65. The Morgan fingerprint density at radius 1 is 1.03 bits per heavy atom. The monoisotopic (exact) mass is 503 g/mol. The molecule has 1 spiro atoms. The zero-order valence-electron chi connectivity index (χ0n) is 22.4. The predicted molar refractivity (Wildman–Crippen MR) is 139 cm³/mol. The molecule has 4 rings (SSSR count). The molecule has 1 unspecified atom stereocenters. The van der Waals surface area contributed by atoms with Gasteiger partial charge in [-0.1, -0.05) is 45.1 Å². The van der Waals surface area contributed by atoms with Gasteiger partial charge in [-0.15, -0.1) is 11.8 Å². The summed E-state index contributed by atoms with van der Waals surface area (Å²) in [6.45, 7) is 15.2. The molecule has 0 aliphatic carbocycles. The van der Waals surface area contributed by atoms with Gasteiger partial charge in [0.25, 0.3) is 0 Å². The van der Waals surface area contributed by atoms with Crippen molar-refractivity contribution < 1.29 is 19.5 Å². The number of amides is 3. The molecule has 0 radical (unpaired) electrons. The van der Waals surface area contributed by atoms with E-state index in [0.717, 1.165) is 6.42 Å². The maximum absolute atomic E-state index is 14.5. The van der Waals surface area contributed by atoms with Gasteiger partial charge in [-0.2, -0.15) is 0 Å². The van der Waals surface area contributed by atoms with Crippen molar-refractivity contribution in [2.24, 2.45) is 17.3 Å². The minimum Gasteiger partial charge on any atom is -0.394 e. The smallest absolute Gasteiger partial charge is 0.247 e. The van der Waals surface area contributed by atoms with Crippen LogP contribution in [0.15, 0.2) is 24.3 Å². The number of aliphatic hydroxyl groups excluding tert-OH is 1. The number of thioether (sulfide) groups is 1. The first kappa shape index (κ1) is 26.3. The lowest BCUT2D eigenvalue weighted by atomic mass is 9.74. The molecule has 1 N–H and O–H groups in total. The molecule has 0 aromatic carbocycles. The van der Waals surface area contributed by atoms with Gasteiger partial charge in [0.15, 0.2) is 0 Å². The van der Waals surface area contributed by atoms with Crippen molar-refractivity contribution in [2.45, 2.75) is 82.0 Å². The van der Waals surface area contributed by atoms with Gasteiger partial charge in [-0.05, 0) is 39.5 Å². The molecule has 8 heteroatoms. The molecular formula is C27H41N3O4S. The summed E-state index contributed by atoms with van der Waals surface area (Å²) in [5, 5.41) is 10.1. The number of fused-ring (bicyclic) bond motifs is 2. The zero-order chi connectivity index (χ0) is 26.1. The van der Waals surface area contributed by atoms with Gasteiger partial charge in [0, 0.05) is 30.4 Å². The lowest BCUT2D eigenvalue weighted by Gasteiger charge is -2.45. The second kappa shape index (κ2) is 8.37. The van der Waals surface area contributed by atoms with Gasteiger partial charge in [0.2, 0.25) is 17.7 Å². The van der Waals surface area contributed by atoms with E-state index in [2.05, 4.69) is 40.7 Å². The van der Waals surface area contributed by atoms with Crippen LogP contribution in [0.4, 0.5) is 0 Å². The van der Waals surface area contributed by atoms with Crippen LogP contribution in [0.3, 0.4) is 0 Å². The second-order valence-corrected chi connectivity index (χ2v) is 14.6. The standard InChI is InChI=1S/C27H41N3O4S/c1-17(15-31)30-20-23(34)29(25(5,6)16-24(2,3)4)14-10-12-27(20)19(22(30)33)18-21(32)28(8)13-9-11-26(18,7)35-27/h9-12,17-20,31H,13-16H2,1-8H3/t17-,18-,19+,20?,26+,27+/m1/s1. The fourth-order valence-electron chi connectivity index (χ4n) is 7.08. The van der Waals surface area contributed by atoms with Crippen LogP contribution in [0.25, 0.3) is 0 Å². The van der Waals surface area contributed by atoms with Crippen molar-refractivity contribution in [3.63, 3.8) is 0 Å². The minimum absolute atomic E-state index is 0.00811. The van der Waals surface area contributed by atoms with E-state index in [0.29, 0.717) is 13.1 Å². The summed E-state index contributed by atoms with van der Waals surface area (Å²) in [6.07, 6.45) is 8.92. The summed E-state index contributed by atoms with van der Waals surface area (Å²) < 4.78 is -1.47. The van der Waals surface area contributed by atoms with Crippen LogP contribution in [-0.4, -0.2) is 91.4 Å². The lowest BCUT2D eigenvalue weighted by molar-refractivity contribution is -0.149. The molecule has 2 saturated heterocycles. The number of likely N-dealkylation sites (tertiary alicyclic amines) is 1. The molecule has 4 aliphatic rings. The molecule has 35 heavy (non-hydrogen) atoms. The van der Waals surface area contributed by atoms with Crippen molar-refractivity contribution in [3.05, 3.63) is 24.3 Å². The molecular weight excluding hydrogens is 462 g/mol. The summed E-state index contributed by atoms with van der Waals surface area (Å²) in [5.74, 6) is -1.61. The fourth-order valence-corrected chi connectivity index (χ4v) is 9.23. The van der Waals surface area contributed by atoms with Crippen LogP contribution in [-0.2, 0) is 14.4 Å². The molecule has 3 amide bonds. The lowest BCUT2D eigenvalue weighted by Crippen LogP contribution is -2.60.